The van der Waals surface area contributed by atoms with Gasteiger partial charge in [-0.3, -0.25) is 13.0 Å². The fraction of sp³-hybridized carbons (Fsp3) is 0.250. The first-order chi connectivity index (χ1) is 12.1. The summed E-state index contributed by atoms with van der Waals surface area (Å²) in [4.78, 5) is 21.7. The molecule has 1 amide bonds. The van der Waals surface area contributed by atoms with Crippen LogP contribution in [0.15, 0.2) is 28.9 Å². The van der Waals surface area contributed by atoms with E-state index in [0.717, 1.165) is 34.1 Å². The molecule has 4 rings (SSSR count). The summed E-state index contributed by atoms with van der Waals surface area (Å²) in [5, 5.41) is 8.26. The number of nitrogens with one attached hydrogen (secondary N) is 2. The highest BCUT2D eigenvalue weighted by atomic mass is 127. The topological polar surface area (TPSA) is 84.7 Å². The maximum absolute atomic E-state index is 12.7. The van der Waals surface area contributed by atoms with Gasteiger partial charge in [-0.1, -0.05) is 22.9 Å². The quantitative estimate of drug-likeness (QED) is 0.410. The first-order valence-electron chi connectivity index (χ1n) is 7.82. The minimum Gasteiger partial charge on any atom is -0.325 e. The van der Waals surface area contributed by atoms with Crippen LogP contribution in [0.5, 0.6) is 0 Å². The molecule has 1 atom stereocenters. The van der Waals surface area contributed by atoms with Gasteiger partial charge in [0.15, 0.2) is 5.65 Å². The number of amides is 1. The highest BCUT2D eigenvalue weighted by Crippen LogP contribution is 2.40. The second-order valence-corrected chi connectivity index (χ2v) is 7.27. The lowest BCUT2D eigenvalue weighted by atomic mass is 9.95. The van der Waals surface area contributed by atoms with Crippen molar-refractivity contribution in [3.63, 3.8) is 0 Å². The Morgan fingerprint density at radius 1 is 1.40 bits per heavy atom. The van der Waals surface area contributed by atoms with E-state index in [1.807, 2.05) is 51.9 Å². The summed E-state index contributed by atoms with van der Waals surface area (Å²) < 4.78 is 5.71. The van der Waals surface area contributed by atoms with Crippen LogP contribution in [0.25, 0.3) is 11.0 Å². The zero-order chi connectivity index (χ0) is 17.6. The highest BCUT2D eigenvalue weighted by Gasteiger charge is 2.35. The summed E-state index contributed by atoms with van der Waals surface area (Å²) in [6.07, 6.45) is 2.89. The predicted octanol–water partition coefficient (Wildman–Crippen LogP) is 3.84. The number of hydrogen-bond acceptors (Lipinski definition) is 5. The standard InChI is InChI=1S/C16H14BrIN6O/c1-2-5-24-7-10-13(20-16(22-18)21-14(10)23-24)12-9-6-8(17)3-4-11(9)19-15(12)25/h3-4,6-7,12H,2,5H2,1H3,(H,19,25)(H,21,22,23). The van der Waals surface area contributed by atoms with Gasteiger partial charge >= 0.3 is 0 Å². The Kier molecular flexibility index (Phi) is 4.36. The molecule has 0 saturated carbocycles. The van der Waals surface area contributed by atoms with Gasteiger partial charge in [0.05, 0.1) is 33.9 Å². The van der Waals surface area contributed by atoms with Gasteiger partial charge in [-0.05, 0) is 30.2 Å². The molecule has 1 aromatic carbocycles. The minimum absolute atomic E-state index is 0.0873. The first kappa shape index (κ1) is 16.7. The molecule has 0 saturated heterocycles. The summed E-state index contributed by atoms with van der Waals surface area (Å²) in [5.41, 5.74) is 2.98. The van der Waals surface area contributed by atoms with Crippen molar-refractivity contribution >= 4 is 67.4 Å². The van der Waals surface area contributed by atoms with Crippen molar-refractivity contribution in [3.05, 3.63) is 40.1 Å². The smallest absolute Gasteiger partial charge is 0.238 e. The zero-order valence-corrected chi connectivity index (χ0v) is 17.0. The average molecular weight is 513 g/mol. The molecular weight excluding hydrogens is 499 g/mol. The van der Waals surface area contributed by atoms with Crippen LogP contribution in [0.2, 0.25) is 0 Å². The Labute approximate surface area is 166 Å². The second-order valence-electron chi connectivity index (χ2n) is 5.81. The van der Waals surface area contributed by atoms with E-state index < -0.39 is 5.92 Å². The molecule has 3 aromatic rings. The summed E-state index contributed by atoms with van der Waals surface area (Å²) in [7, 11) is 0. The number of aromatic nitrogens is 4. The van der Waals surface area contributed by atoms with Gasteiger partial charge < -0.3 is 5.32 Å². The Morgan fingerprint density at radius 2 is 2.24 bits per heavy atom. The van der Waals surface area contributed by atoms with Crippen LogP contribution in [0.1, 0.15) is 30.5 Å². The third-order valence-electron chi connectivity index (χ3n) is 4.11. The van der Waals surface area contributed by atoms with E-state index in [-0.39, 0.29) is 5.91 Å². The molecule has 0 spiro atoms. The van der Waals surface area contributed by atoms with Crippen molar-refractivity contribution in [1.82, 2.24) is 19.7 Å². The van der Waals surface area contributed by atoms with Crippen LogP contribution in [0.4, 0.5) is 11.6 Å². The largest absolute Gasteiger partial charge is 0.325 e. The molecule has 1 aliphatic rings. The zero-order valence-electron chi connectivity index (χ0n) is 13.3. The molecule has 1 aliphatic heterocycles. The van der Waals surface area contributed by atoms with E-state index in [2.05, 4.69) is 46.8 Å². The maximum Gasteiger partial charge on any atom is 0.238 e. The number of carbonyl (C=O) groups excluding carboxylic acids is 1. The number of nitrogens with zero attached hydrogens (tertiary/aromatic N) is 4. The van der Waals surface area contributed by atoms with E-state index in [9.17, 15) is 4.79 Å². The predicted molar refractivity (Wildman–Crippen MR) is 108 cm³/mol. The fourth-order valence-electron chi connectivity index (χ4n) is 3.08. The molecule has 0 radical (unpaired) electrons. The molecule has 0 fully saturated rings. The molecule has 3 heterocycles. The lowest BCUT2D eigenvalue weighted by molar-refractivity contribution is -0.116. The summed E-state index contributed by atoms with van der Waals surface area (Å²) in [6, 6.07) is 5.77. The molecular formula is C16H14BrIN6O. The van der Waals surface area contributed by atoms with Crippen molar-refractivity contribution in [2.24, 2.45) is 0 Å². The Bertz CT molecular complexity index is 988. The van der Waals surface area contributed by atoms with Crippen LogP contribution < -0.4 is 8.85 Å². The van der Waals surface area contributed by atoms with Gasteiger partial charge in [-0.25, -0.2) is 4.98 Å². The van der Waals surface area contributed by atoms with Crippen molar-refractivity contribution in [2.45, 2.75) is 25.8 Å². The molecule has 7 nitrogen and oxygen atoms in total. The third kappa shape index (κ3) is 2.88. The summed E-state index contributed by atoms with van der Waals surface area (Å²) >= 11 is 5.47. The van der Waals surface area contributed by atoms with Crippen LogP contribution >= 0.6 is 38.8 Å². The van der Waals surface area contributed by atoms with Crippen molar-refractivity contribution in [1.29, 1.82) is 0 Å². The molecule has 2 N–H and O–H groups in total. The fourth-order valence-corrected chi connectivity index (χ4v) is 3.70. The third-order valence-corrected chi connectivity index (χ3v) is 5.09. The molecule has 0 bridgehead atoms. The number of hydrogen-bond donors (Lipinski definition) is 2. The van der Waals surface area contributed by atoms with Gasteiger partial charge in [0, 0.05) is 22.9 Å². The molecule has 25 heavy (non-hydrogen) atoms. The van der Waals surface area contributed by atoms with Gasteiger partial charge in [-0.15, -0.1) is 0 Å². The van der Waals surface area contributed by atoms with Crippen molar-refractivity contribution in [2.75, 3.05) is 8.85 Å². The normalized spacial score (nSPS) is 16.1. The Morgan fingerprint density at radius 3 is 3.00 bits per heavy atom. The minimum atomic E-state index is -0.485. The average Bonchev–Trinajstić information content (AvgIpc) is 3.13. The SMILES string of the molecule is CCCn1cc2c(C3C(=O)Nc4ccc(Br)cc43)nc(NI)nc2n1. The Hall–Kier alpha value is -1.75. The number of halogens is 2. The monoisotopic (exact) mass is 512 g/mol. The number of rotatable bonds is 4. The molecule has 128 valence electrons. The highest BCUT2D eigenvalue weighted by molar-refractivity contribution is 14.1. The lowest BCUT2D eigenvalue weighted by Crippen LogP contribution is -2.15. The van der Waals surface area contributed by atoms with Crippen LogP contribution in [-0.2, 0) is 11.3 Å². The first-order valence-corrected chi connectivity index (χ1v) is 9.70. The number of aryl methyl sites for hydroxylation is 1. The van der Waals surface area contributed by atoms with Gasteiger partial charge in [0.2, 0.25) is 11.9 Å². The summed E-state index contributed by atoms with van der Waals surface area (Å²) in [6.45, 7) is 2.89. The molecule has 1 unspecified atom stereocenters. The van der Waals surface area contributed by atoms with Crippen molar-refractivity contribution in [3.8, 4) is 0 Å². The van der Waals surface area contributed by atoms with E-state index >= 15 is 0 Å². The number of carbonyl (C=O) groups is 1. The maximum atomic E-state index is 12.7. The van der Waals surface area contributed by atoms with E-state index in [4.69, 9.17) is 0 Å². The van der Waals surface area contributed by atoms with Gasteiger partial charge in [0.1, 0.15) is 5.92 Å². The van der Waals surface area contributed by atoms with Crippen LogP contribution in [0, 0.1) is 0 Å². The second kappa shape index (κ2) is 6.52. The number of anilines is 2. The molecule has 9 heteroatoms. The molecule has 0 aliphatic carbocycles. The number of benzene rings is 1. The van der Waals surface area contributed by atoms with Crippen LogP contribution in [-0.4, -0.2) is 25.7 Å². The van der Waals surface area contributed by atoms with Crippen molar-refractivity contribution < 1.29 is 4.79 Å². The Balaban J connectivity index is 1.94. The molecule has 2 aromatic heterocycles. The van der Waals surface area contributed by atoms with Crippen LogP contribution in [0.3, 0.4) is 0 Å². The van der Waals surface area contributed by atoms with E-state index in [0.29, 0.717) is 17.3 Å². The van der Waals surface area contributed by atoms with Gasteiger partial charge in [0.25, 0.3) is 0 Å². The van der Waals surface area contributed by atoms with E-state index in [1.165, 1.54) is 0 Å². The number of fused-ring (bicyclic) bond motifs is 2. The van der Waals surface area contributed by atoms with Gasteiger partial charge in [-0.2, -0.15) is 10.1 Å². The van der Waals surface area contributed by atoms with E-state index in [1.54, 1.807) is 0 Å². The lowest BCUT2D eigenvalue weighted by Gasteiger charge is -2.10. The summed E-state index contributed by atoms with van der Waals surface area (Å²) in [5.74, 6) is -0.127.